The van der Waals surface area contributed by atoms with Gasteiger partial charge in [-0.05, 0) is 55.5 Å². The number of nitrogens with zero attached hydrogens (tertiary/aromatic N) is 4. The highest BCUT2D eigenvalue weighted by atomic mass is 19.1. The number of carbonyl (C=O) groups is 1. The van der Waals surface area contributed by atoms with Crippen LogP contribution in [-0.2, 0) is 0 Å². The molecule has 0 unspecified atom stereocenters. The number of carbonyl (C=O) groups excluding carboxylic acids is 1. The summed E-state index contributed by atoms with van der Waals surface area (Å²) < 4.78 is 20.6. The number of aryl methyl sites for hydroxylation is 1. The van der Waals surface area contributed by atoms with Gasteiger partial charge in [0.2, 0.25) is 5.88 Å². The normalized spacial score (nSPS) is 10.6. The number of aromatic nitrogens is 4. The second kappa shape index (κ2) is 7.89. The second-order valence-electron chi connectivity index (χ2n) is 6.15. The summed E-state index contributed by atoms with van der Waals surface area (Å²) in [6.45, 7) is 1.88. The van der Waals surface area contributed by atoms with Crippen molar-refractivity contribution < 1.29 is 13.9 Å². The third kappa shape index (κ3) is 4.27. The van der Waals surface area contributed by atoms with Crippen molar-refractivity contribution in [3.8, 4) is 17.4 Å². The molecule has 1 N–H and O–H groups in total. The molecule has 0 aliphatic heterocycles. The monoisotopic (exact) mass is 389 g/mol. The summed E-state index contributed by atoms with van der Waals surface area (Å²) in [5.41, 5.74) is 0.958. The molecule has 2 heterocycles. The van der Waals surface area contributed by atoms with Crippen LogP contribution in [0.4, 0.5) is 10.1 Å². The lowest BCUT2D eigenvalue weighted by Crippen LogP contribution is -2.11. The van der Waals surface area contributed by atoms with Gasteiger partial charge in [0.15, 0.2) is 0 Å². The SMILES string of the molecule is Cc1nccn1-c1cc(Oc2ccc(NC(=O)c3ccc(F)cc3)cc2)ncn1. The van der Waals surface area contributed by atoms with Crippen LogP contribution in [0.15, 0.2) is 73.3 Å². The van der Waals surface area contributed by atoms with Crippen molar-refractivity contribution >= 4 is 11.6 Å². The fourth-order valence-corrected chi connectivity index (χ4v) is 2.67. The van der Waals surface area contributed by atoms with E-state index in [0.717, 1.165) is 5.82 Å². The van der Waals surface area contributed by atoms with Crippen LogP contribution in [0.5, 0.6) is 11.6 Å². The molecule has 2 aromatic heterocycles. The molecule has 0 atom stereocenters. The molecule has 0 spiro atoms. The molecule has 0 fully saturated rings. The third-order valence-corrected chi connectivity index (χ3v) is 4.14. The minimum absolute atomic E-state index is 0.324. The van der Waals surface area contributed by atoms with Crippen LogP contribution in [0.2, 0.25) is 0 Å². The van der Waals surface area contributed by atoms with E-state index in [1.807, 2.05) is 11.5 Å². The Hall–Kier alpha value is -4.07. The van der Waals surface area contributed by atoms with Crippen LogP contribution >= 0.6 is 0 Å². The van der Waals surface area contributed by atoms with Crippen molar-refractivity contribution in [1.82, 2.24) is 19.5 Å². The second-order valence-corrected chi connectivity index (χ2v) is 6.15. The molecular formula is C21H16FN5O2. The summed E-state index contributed by atoms with van der Waals surface area (Å²) in [5.74, 6) is 1.67. The number of amides is 1. The zero-order valence-electron chi connectivity index (χ0n) is 15.4. The van der Waals surface area contributed by atoms with Crippen molar-refractivity contribution in [2.75, 3.05) is 5.32 Å². The lowest BCUT2D eigenvalue weighted by Gasteiger charge is -2.09. The smallest absolute Gasteiger partial charge is 0.255 e. The summed E-state index contributed by atoms with van der Waals surface area (Å²) in [6, 6.07) is 13.9. The minimum Gasteiger partial charge on any atom is -0.439 e. The van der Waals surface area contributed by atoms with Crippen LogP contribution in [-0.4, -0.2) is 25.4 Å². The van der Waals surface area contributed by atoms with Crippen LogP contribution in [0.3, 0.4) is 0 Å². The van der Waals surface area contributed by atoms with Gasteiger partial charge < -0.3 is 10.1 Å². The average molecular weight is 389 g/mol. The standard InChI is InChI=1S/C21H16FN5O2/c1-14-23-10-11-27(14)19-12-20(25-13-24-19)29-18-8-6-17(7-9-18)26-21(28)15-2-4-16(22)5-3-15/h2-13H,1H3,(H,26,28). The van der Waals surface area contributed by atoms with Crippen molar-refractivity contribution in [3.63, 3.8) is 0 Å². The van der Waals surface area contributed by atoms with Gasteiger partial charge in [-0.2, -0.15) is 0 Å². The number of ether oxygens (including phenoxy) is 1. The van der Waals surface area contributed by atoms with Crippen molar-refractivity contribution in [2.24, 2.45) is 0 Å². The van der Waals surface area contributed by atoms with Gasteiger partial charge in [0, 0.05) is 29.7 Å². The molecule has 8 heteroatoms. The first-order chi connectivity index (χ1) is 14.1. The van der Waals surface area contributed by atoms with E-state index in [0.29, 0.717) is 28.7 Å². The van der Waals surface area contributed by atoms with Gasteiger partial charge >= 0.3 is 0 Å². The Labute approximate surface area is 165 Å². The van der Waals surface area contributed by atoms with E-state index in [1.54, 1.807) is 42.7 Å². The zero-order chi connectivity index (χ0) is 20.2. The summed E-state index contributed by atoms with van der Waals surface area (Å²) in [6.07, 6.45) is 4.92. The predicted octanol–water partition coefficient (Wildman–Crippen LogP) is 4.15. The zero-order valence-corrected chi connectivity index (χ0v) is 15.4. The molecule has 144 valence electrons. The van der Waals surface area contributed by atoms with Crippen LogP contribution in [0.1, 0.15) is 16.2 Å². The van der Waals surface area contributed by atoms with Gasteiger partial charge in [-0.1, -0.05) is 0 Å². The molecular weight excluding hydrogens is 373 g/mol. The maximum atomic E-state index is 13.0. The van der Waals surface area contributed by atoms with Crippen LogP contribution < -0.4 is 10.1 Å². The number of nitrogens with one attached hydrogen (secondary N) is 1. The number of halogens is 1. The average Bonchev–Trinajstić information content (AvgIpc) is 3.16. The molecule has 0 radical (unpaired) electrons. The molecule has 0 aliphatic rings. The Morgan fingerprint density at radius 2 is 1.79 bits per heavy atom. The molecule has 4 rings (SSSR count). The largest absolute Gasteiger partial charge is 0.439 e. The Morgan fingerprint density at radius 1 is 1.03 bits per heavy atom. The number of anilines is 1. The number of hydrogen-bond donors (Lipinski definition) is 1. The van der Waals surface area contributed by atoms with E-state index in [9.17, 15) is 9.18 Å². The molecule has 0 bridgehead atoms. The van der Waals surface area contributed by atoms with Gasteiger partial charge in [0.25, 0.3) is 5.91 Å². The fourth-order valence-electron chi connectivity index (χ4n) is 2.67. The van der Waals surface area contributed by atoms with E-state index >= 15 is 0 Å². The summed E-state index contributed by atoms with van der Waals surface area (Å²) in [4.78, 5) is 24.7. The Morgan fingerprint density at radius 3 is 2.48 bits per heavy atom. The first kappa shape index (κ1) is 18.3. The van der Waals surface area contributed by atoms with E-state index in [2.05, 4.69) is 20.3 Å². The van der Waals surface area contributed by atoms with Gasteiger partial charge in [-0.3, -0.25) is 9.36 Å². The Kier molecular flexibility index (Phi) is 4.98. The number of hydrogen-bond acceptors (Lipinski definition) is 5. The molecule has 0 saturated carbocycles. The van der Waals surface area contributed by atoms with Gasteiger partial charge in [0.05, 0.1) is 0 Å². The van der Waals surface area contributed by atoms with Crippen LogP contribution in [0.25, 0.3) is 5.82 Å². The highest BCUT2D eigenvalue weighted by Gasteiger charge is 2.08. The fraction of sp³-hybridized carbons (Fsp3) is 0.0476. The topological polar surface area (TPSA) is 81.9 Å². The van der Waals surface area contributed by atoms with Gasteiger partial charge in [0.1, 0.15) is 29.5 Å². The lowest BCUT2D eigenvalue weighted by atomic mass is 10.2. The molecule has 0 aliphatic carbocycles. The predicted molar refractivity (Wildman–Crippen MR) is 105 cm³/mol. The minimum atomic E-state index is -0.390. The maximum Gasteiger partial charge on any atom is 0.255 e. The highest BCUT2D eigenvalue weighted by molar-refractivity contribution is 6.04. The van der Waals surface area contributed by atoms with E-state index in [4.69, 9.17) is 4.74 Å². The summed E-state index contributed by atoms with van der Waals surface area (Å²) >= 11 is 0. The quantitative estimate of drug-likeness (QED) is 0.554. The first-order valence-corrected chi connectivity index (χ1v) is 8.76. The van der Waals surface area contributed by atoms with Gasteiger partial charge in [-0.25, -0.2) is 19.3 Å². The lowest BCUT2D eigenvalue weighted by molar-refractivity contribution is 0.102. The summed E-state index contributed by atoms with van der Waals surface area (Å²) in [5, 5.41) is 2.75. The molecule has 4 aromatic rings. The van der Waals surface area contributed by atoms with E-state index < -0.39 is 0 Å². The van der Waals surface area contributed by atoms with Crippen LogP contribution in [0, 0.1) is 12.7 Å². The molecule has 29 heavy (non-hydrogen) atoms. The van der Waals surface area contributed by atoms with E-state index in [-0.39, 0.29) is 11.7 Å². The number of imidazole rings is 1. The van der Waals surface area contributed by atoms with Gasteiger partial charge in [-0.15, -0.1) is 0 Å². The molecule has 7 nitrogen and oxygen atoms in total. The number of benzene rings is 2. The highest BCUT2D eigenvalue weighted by Crippen LogP contribution is 2.23. The van der Waals surface area contributed by atoms with E-state index in [1.165, 1.54) is 30.6 Å². The molecule has 0 saturated heterocycles. The van der Waals surface area contributed by atoms with Crippen molar-refractivity contribution in [2.45, 2.75) is 6.92 Å². The Balaban J connectivity index is 1.44. The third-order valence-electron chi connectivity index (χ3n) is 4.14. The molecule has 2 aromatic carbocycles. The Bertz CT molecular complexity index is 1140. The molecule has 1 amide bonds. The maximum absolute atomic E-state index is 13.0. The number of rotatable bonds is 5. The van der Waals surface area contributed by atoms with Crippen molar-refractivity contribution in [3.05, 3.63) is 90.5 Å². The summed E-state index contributed by atoms with van der Waals surface area (Å²) in [7, 11) is 0. The first-order valence-electron chi connectivity index (χ1n) is 8.76. The van der Waals surface area contributed by atoms with Crippen molar-refractivity contribution in [1.29, 1.82) is 0 Å².